The van der Waals surface area contributed by atoms with Gasteiger partial charge in [-0.3, -0.25) is 4.79 Å². The molecular weight excluding hydrogens is 451 g/mol. The van der Waals surface area contributed by atoms with Crippen LogP contribution in [0.5, 0.6) is 5.75 Å². The maximum atomic E-state index is 11.5. The second-order valence-corrected chi connectivity index (χ2v) is 7.44. The van der Waals surface area contributed by atoms with Crippen molar-refractivity contribution in [1.29, 1.82) is 0 Å². The number of hydrogen-bond donors (Lipinski definition) is 4. The van der Waals surface area contributed by atoms with Gasteiger partial charge in [-0.15, -0.1) is 12.4 Å². The Labute approximate surface area is 192 Å². The van der Waals surface area contributed by atoms with E-state index in [9.17, 15) is 15.0 Å². The number of phenols is 1. The van der Waals surface area contributed by atoms with Crippen molar-refractivity contribution in [3.8, 4) is 5.75 Å². The van der Waals surface area contributed by atoms with E-state index in [1.165, 1.54) is 0 Å². The van der Waals surface area contributed by atoms with Crippen LogP contribution in [0.2, 0.25) is 10.0 Å². The van der Waals surface area contributed by atoms with Crippen molar-refractivity contribution >= 4 is 47.3 Å². The molecule has 0 saturated carbocycles. The van der Waals surface area contributed by atoms with Crippen molar-refractivity contribution in [3.63, 3.8) is 0 Å². The second-order valence-electron chi connectivity index (χ2n) is 6.62. The summed E-state index contributed by atoms with van der Waals surface area (Å²) in [5.41, 5.74) is 2.15. The molecule has 0 saturated heterocycles. The van der Waals surface area contributed by atoms with Gasteiger partial charge in [-0.25, -0.2) is 0 Å². The quantitative estimate of drug-likeness (QED) is 0.380. The molecule has 0 unspecified atom stereocenters. The number of carbonyl (C=O) groups is 1. The van der Waals surface area contributed by atoms with E-state index in [2.05, 4.69) is 10.6 Å². The predicted molar refractivity (Wildman–Crippen MR) is 123 cm³/mol. The molecule has 2 aromatic rings. The average molecular weight is 478 g/mol. The fraction of sp³-hybridized carbons (Fsp3) is 0.381. The van der Waals surface area contributed by atoms with Crippen LogP contribution in [0.4, 0.5) is 5.69 Å². The molecule has 0 spiro atoms. The van der Waals surface area contributed by atoms with Crippen LogP contribution in [0.3, 0.4) is 0 Å². The number of nitrogens with one attached hydrogen (secondary N) is 2. The van der Waals surface area contributed by atoms with Crippen LogP contribution >= 0.6 is 35.6 Å². The second kappa shape index (κ2) is 12.9. The number of anilines is 1. The molecule has 2 rings (SSSR count). The molecule has 0 radical (unpaired) electrons. The topological polar surface area (TPSA) is 90.8 Å². The van der Waals surface area contributed by atoms with Crippen LogP contribution in [0.25, 0.3) is 0 Å². The van der Waals surface area contributed by atoms with E-state index in [1.54, 1.807) is 43.3 Å². The first-order valence-electron chi connectivity index (χ1n) is 9.39. The molecule has 0 aliphatic heterocycles. The molecule has 2 aromatic carbocycles. The Morgan fingerprint density at radius 2 is 1.77 bits per heavy atom. The van der Waals surface area contributed by atoms with Gasteiger partial charge in [0.25, 0.3) is 0 Å². The molecule has 0 bridgehead atoms. The van der Waals surface area contributed by atoms with Gasteiger partial charge in [0.2, 0.25) is 0 Å². The molecule has 0 aliphatic rings. The molecule has 6 nitrogen and oxygen atoms in total. The predicted octanol–water partition coefficient (Wildman–Crippen LogP) is 4.35. The Kier molecular flexibility index (Phi) is 11.3. The molecule has 0 aliphatic carbocycles. The van der Waals surface area contributed by atoms with Crippen LogP contribution in [0.15, 0.2) is 36.4 Å². The number of hydrogen-bond acceptors (Lipinski definition) is 6. The highest BCUT2D eigenvalue weighted by Gasteiger charge is 2.16. The van der Waals surface area contributed by atoms with Crippen LogP contribution in [-0.4, -0.2) is 41.9 Å². The minimum atomic E-state index is -0.697. The Hall–Kier alpha value is -1.70. The molecule has 0 amide bonds. The standard InChI is InChI=1S/C21H26Cl2N2O4.ClH/c1-3-29-19(27)12-25-20-17(22)10-14(11-18(20)23)8-9-24-13(2)21(28)15-4-6-16(26)7-5-15;/h4-7,10-11,13,21,24-26,28H,3,8-9,12H2,1-2H3;1H/t13-,21+;/m0./s1. The number of esters is 1. The van der Waals surface area contributed by atoms with Crippen molar-refractivity contribution in [2.24, 2.45) is 0 Å². The fourth-order valence-electron chi connectivity index (χ4n) is 2.83. The van der Waals surface area contributed by atoms with Gasteiger partial charge in [-0.2, -0.15) is 0 Å². The van der Waals surface area contributed by atoms with Gasteiger partial charge in [-0.05, 0) is 62.2 Å². The lowest BCUT2D eigenvalue weighted by Gasteiger charge is -2.21. The summed E-state index contributed by atoms with van der Waals surface area (Å²) in [7, 11) is 0. The van der Waals surface area contributed by atoms with Crippen molar-refractivity contribution < 1.29 is 19.7 Å². The van der Waals surface area contributed by atoms with Crippen molar-refractivity contribution in [2.75, 3.05) is 25.0 Å². The summed E-state index contributed by atoms with van der Waals surface area (Å²) >= 11 is 12.6. The van der Waals surface area contributed by atoms with E-state index in [0.717, 1.165) is 11.1 Å². The van der Waals surface area contributed by atoms with E-state index in [1.807, 2.05) is 6.92 Å². The van der Waals surface area contributed by atoms with Crippen LogP contribution in [0.1, 0.15) is 31.1 Å². The van der Waals surface area contributed by atoms with Crippen molar-refractivity contribution in [3.05, 3.63) is 57.6 Å². The van der Waals surface area contributed by atoms with Gasteiger partial charge >= 0.3 is 5.97 Å². The first-order chi connectivity index (χ1) is 13.8. The number of aliphatic hydroxyl groups is 1. The molecule has 30 heavy (non-hydrogen) atoms. The number of rotatable bonds is 10. The number of aliphatic hydroxyl groups excluding tert-OH is 1. The maximum Gasteiger partial charge on any atom is 0.325 e. The summed E-state index contributed by atoms with van der Waals surface area (Å²) in [6, 6.07) is 9.89. The highest BCUT2D eigenvalue weighted by atomic mass is 35.5. The van der Waals surface area contributed by atoms with Gasteiger partial charge in [-0.1, -0.05) is 35.3 Å². The number of aromatic hydroxyl groups is 1. The normalized spacial score (nSPS) is 12.6. The zero-order valence-corrected chi connectivity index (χ0v) is 19.2. The molecule has 0 heterocycles. The molecular formula is C21H27Cl3N2O4. The van der Waals surface area contributed by atoms with Crippen LogP contribution in [-0.2, 0) is 16.0 Å². The van der Waals surface area contributed by atoms with Gasteiger partial charge in [0.15, 0.2) is 0 Å². The zero-order valence-electron chi connectivity index (χ0n) is 16.8. The number of ether oxygens (including phenoxy) is 1. The number of benzene rings is 2. The zero-order chi connectivity index (χ0) is 21.4. The monoisotopic (exact) mass is 476 g/mol. The summed E-state index contributed by atoms with van der Waals surface area (Å²) in [6.07, 6.45) is -0.0400. The maximum absolute atomic E-state index is 11.5. The summed E-state index contributed by atoms with van der Waals surface area (Å²) in [5.74, 6) is -0.218. The number of carbonyl (C=O) groups excluding carboxylic acids is 1. The first-order valence-corrected chi connectivity index (χ1v) is 10.1. The SMILES string of the molecule is CCOC(=O)CNc1c(Cl)cc(CCN[C@@H](C)[C@@H](O)c2ccc(O)cc2)cc1Cl.Cl. The van der Waals surface area contributed by atoms with E-state index < -0.39 is 6.10 Å². The molecule has 0 aromatic heterocycles. The smallest absolute Gasteiger partial charge is 0.325 e. The lowest BCUT2D eigenvalue weighted by Crippen LogP contribution is -2.33. The molecule has 166 valence electrons. The first kappa shape index (κ1) is 26.3. The van der Waals surface area contributed by atoms with Crippen molar-refractivity contribution in [1.82, 2.24) is 5.32 Å². The third kappa shape index (κ3) is 7.85. The van der Waals surface area contributed by atoms with Crippen molar-refractivity contribution in [2.45, 2.75) is 32.4 Å². The van der Waals surface area contributed by atoms with Gasteiger partial charge in [0, 0.05) is 6.04 Å². The van der Waals surface area contributed by atoms with Crippen LogP contribution < -0.4 is 10.6 Å². The third-order valence-corrected chi connectivity index (χ3v) is 5.00. The Morgan fingerprint density at radius 3 is 2.33 bits per heavy atom. The minimum Gasteiger partial charge on any atom is -0.508 e. The van der Waals surface area contributed by atoms with Gasteiger partial charge in [0.05, 0.1) is 28.4 Å². The summed E-state index contributed by atoms with van der Waals surface area (Å²) in [5, 5.41) is 26.8. The van der Waals surface area contributed by atoms with E-state index in [0.29, 0.717) is 35.3 Å². The lowest BCUT2D eigenvalue weighted by molar-refractivity contribution is -0.140. The number of halogens is 3. The van der Waals surface area contributed by atoms with Crippen LogP contribution in [0, 0.1) is 0 Å². The molecule has 0 fully saturated rings. The average Bonchev–Trinajstić information content (AvgIpc) is 2.67. The molecule has 4 N–H and O–H groups in total. The van der Waals surface area contributed by atoms with Gasteiger partial charge in [0.1, 0.15) is 12.3 Å². The number of phenolic OH excluding ortho intramolecular Hbond substituents is 1. The van der Waals surface area contributed by atoms with E-state index in [4.69, 9.17) is 27.9 Å². The Morgan fingerprint density at radius 1 is 1.17 bits per heavy atom. The molecule has 9 heteroatoms. The highest BCUT2D eigenvalue weighted by molar-refractivity contribution is 6.39. The summed E-state index contributed by atoms with van der Waals surface area (Å²) in [4.78, 5) is 11.5. The lowest BCUT2D eigenvalue weighted by atomic mass is 10.0. The molecule has 2 atom stereocenters. The van der Waals surface area contributed by atoms with Gasteiger partial charge < -0.3 is 25.6 Å². The Balaban J connectivity index is 0.00000450. The summed E-state index contributed by atoms with van der Waals surface area (Å²) in [6.45, 7) is 4.54. The minimum absolute atomic E-state index is 0. The van der Waals surface area contributed by atoms with E-state index >= 15 is 0 Å². The largest absolute Gasteiger partial charge is 0.508 e. The summed E-state index contributed by atoms with van der Waals surface area (Å²) < 4.78 is 4.87. The Bertz CT molecular complexity index is 795. The third-order valence-electron chi connectivity index (χ3n) is 4.40. The fourth-order valence-corrected chi connectivity index (χ4v) is 3.49. The highest BCUT2D eigenvalue weighted by Crippen LogP contribution is 2.32. The van der Waals surface area contributed by atoms with E-state index in [-0.39, 0.29) is 36.7 Å².